The summed E-state index contributed by atoms with van der Waals surface area (Å²) in [4.78, 5) is 26.7. The Balaban J connectivity index is 1.92. The molecule has 4 atom stereocenters. The van der Waals surface area contributed by atoms with E-state index in [9.17, 15) is 19.8 Å². The zero-order chi connectivity index (χ0) is 18.9. The van der Waals surface area contributed by atoms with E-state index in [0.29, 0.717) is 25.0 Å². The number of aliphatic hydroxyl groups is 2. The van der Waals surface area contributed by atoms with Crippen molar-refractivity contribution in [2.45, 2.75) is 44.3 Å². The molecule has 1 fully saturated rings. The van der Waals surface area contributed by atoms with Gasteiger partial charge in [-0.15, -0.1) is 0 Å². The van der Waals surface area contributed by atoms with Gasteiger partial charge in [-0.25, -0.2) is 0 Å². The Kier molecular flexibility index (Phi) is 7.69. The number of aliphatic hydroxyl groups excluding tert-OH is 2. The van der Waals surface area contributed by atoms with Gasteiger partial charge in [0, 0.05) is 30.9 Å². The van der Waals surface area contributed by atoms with Crippen molar-refractivity contribution in [3.63, 3.8) is 0 Å². The van der Waals surface area contributed by atoms with Crippen molar-refractivity contribution in [2.75, 3.05) is 0 Å². The highest BCUT2D eigenvalue weighted by Crippen LogP contribution is 2.34. The van der Waals surface area contributed by atoms with Gasteiger partial charge in [0.25, 0.3) is 0 Å². The summed E-state index contributed by atoms with van der Waals surface area (Å²) in [5.74, 6) is -1.52. The molecule has 0 radical (unpaired) electrons. The van der Waals surface area contributed by atoms with Gasteiger partial charge in [0.2, 0.25) is 0 Å². The minimum Gasteiger partial charge on any atom is -0.481 e. The second kappa shape index (κ2) is 9.99. The molecule has 1 saturated carbocycles. The van der Waals surface area contributed by atoms with Gasteiger partial charge in [-0.1, -0.05) is 30.4 Å². The smallest absolute Gasteiger partial charge is 0.303 e. The lowest BCUT2D eigenvalue weighted by molar-refractivity contribution is -0.137. The van der Waals surface area contributed by atoms with Crippen molar-refractivity contribution in [2.24, 2.45) is 11.8 Å². The van der Waals surface area contributed by atoms with Crippen LogP contribution in [0.15, 0.2) is 48.7 Å². The Morgan fingerprint density at radius 3 is 2.85 bits per heavy atom. The molecule has 1 aromatic heterocycles. The van der Waals surface area contributed by atoms with Crippen LogP contribution in [0.1, 0.15) is 43.9 Å². The van der Waals surface area contributed by atoms with Gasteiger partial charge in [0.05, 0.1) is 11.8 Å². The number of carboxylic acid groups (broad SMARTS) is 1. The van der Waals surface area contributed by atoms with Crippen molar-refractivity contribution in [1.82, 2.24) is 4.98 Å². The number of aliphatic carboxylic acids is 1. The number of nitrogens with zero attached hydrogens (tertiary/aromatic N) is 1. The standard InChI is InChI=1S/C20H25NO5/c22-17(16-8-5-6-12-21-16)11-10-15-14(18(23)13-19(15)24)7-3-1-2-4-9-20(25)26/h1,3,5-6,8,10-12,14-15,17-18,22-23H,2,4,7,9,13H2,(H,25,26)/b3-1-,11-10+/t14-,15-,17-,18+/m1/s1. The summed E-state index contributed by atoms with van der Waals surface area (Å²) in [5, 5.41) is 28.9. The predicted octanol–water partition coefficient (Wildman–Crippen LogP) is 2.44. The number of pyridine rings is 1. The molecule has 1 aromatic rings. The average Bonchev–Trinajstić information content (AvgIpc) is 2.89. The highest BCUT2D eigenvalue weighted by molar-refractivity contribution is 5.86. The van der Waals surface area contributed by atoms with Crippen LogP contribution in [0.2, 0.25) is 0 Å². The molecule has 3 N–H and O–H groups in total. The fourth-order valence-electron chi connectivity index (χ4n) is 3.14. The summed E-state index contributed by atoms with van der Waals surface area (Å²) in [6, 6.07) is 5.25. The third kappa shape index (κ3) is 5.89. The summed E-state index contributed by atoms with van der Waals surface area (Å²) >= 11 is 0. The first-order valence-electron chi connectivity index (χ1n) is 8.84. The van der Waals surface area contributed by atoms with Gasteiger partial charge in [0.1, 0.15) is 11.9 Å². The molecule has 6 nitrogen and oxygen atoms in total. The van der Waals surface area contributed by atoms with E-state index in [1.54, 1.807) is 36.5 Å². The number of allylic oxidation sites excluding steroid dienone is 3. The number of carboxylic acids is 1. The van der Waals surface area contributed by atoms with Crippen LogP contribution in [0.3, 0.4) is 0 Å². The largest absolute Gasteiger partial charge is 0.481 e. The summed E-state index contributed by atoms with van der Waals surface area (Å²) < 4.78 is 0. The maximum absolute atomic E-state index is 12.2. The molecule has 0 aliphatic heterocycles. The minimum atomic E-state index is -0.894. The molecule has 0 spiro atoms. The van der Waals surface area contributed by atoms with Gasteiger partial charge in [0.15, 0.2) is 0 Å². The molecule has 2 rings (SSSR count). The van der Waals surface area contributed by atoms with Crippen LogP contribution in [0, 0.1) is 11.8 Å². The maximum Gasteiger partial charge on any atom is 0.303 e. The van der Waals surface area contributed by atoms with Gasteiger partial charge in [-0.2, -0.15) is 0 Å². The van der Waals surface area contributed by atoms with Crippen molar-refractivity contribution in [1.29, 1.82) is 0 Å². The van der Waals surface area contributed by atoms with Gasteiger partial charge < -0.3 is 15.3 Å². The van der Waals surface area contributed by atoms with Crippen LogP contribution in [0.25, 0.3) is 0 Å². The highest BCUT2D eigenvalue weighted by Gasteiger charge is 2.39. The first kappa shape index (κ1) is 20.0. The Hall–Kier alpha value is -2.31. The van der Waals surface area contributed by atoms with Crippen molar-refractivity contribution in [3.05, 3.63) is 54.4 Å². The molecule has 0 amide bonds. The monoisotopic (exact) mass is 359 g/mol. The van der Waals surface area contributed by atoms with E-state index in [1.165, 1.54) is 0 Å². The van der Waals surface area contributed by atoms with Crippen molar-refractivity contribution in [3.8, 4) is 0 Å². The fourth-order valence-corrected chi connectivity index (χ4v) is 3.14. The van der Waals surface area contributed by atoms with E-state index in [4.69, 9.17) is 5.11 Å². The third-order valence-corrected chi connectivity index (χ3v) is 4.57. The van der Waals surface area contributed by atoms with Gasteiger partial charge in [-0.05, 0) is 31.4 Å². The molecular weight excluding hydrogens is 334 g/mol. The van der Waals surface area contributed by atoms with E-state index in [2.05, 4.69) is 4.98 Å². The Morgan fingerprint density at radius 2 is 2.15 bits per heavy atom. The molecule has 140 valence electrons. The van der Waals surface area contributed by atoms with Crippen LogP contribution in [0.4, 0.5) is 0 Å². The predicted molar refractivity (Wildman–Crippen MR) is 96.2 cm³/mol. The zero-order valence-corrected chi connectivity index (χ0v) is 14.6. The van der Waals surface area contributed by atoms with E-state index in [0.717, 1.165) is 0 Å². The summed E-state index contributed by atoms with van der Waals surface area (Å²) in [5.41, 5.74) is 0.504. The number of aromatic nitrogens is 1. The second-order valence-electron chi connectivity index (χ2n) is 6.50. The van der Waals surface area contributed by atoms with Gasteiger partial charge in [-0.3, -0.25) is 14.6 Å². The lowest BCUT2D eigenvalue weighted by atomic mass is 9.90. The molecule has 1 heterocycles. The number of unbranched alkanes of at least 4 members (excludes halogenated alkanes) is 1. The molecule has 0 unspecified atom stereocenters. The average molecular weight is 359 g/mol. The third-order valence-electron chi connectivity index (χ3n) is 4.57. The van der Waals surface area contributed by atoms with Crippen molar-refractivity contribution < 1.29 is 24.9 Å². The first-order valence-corrected chi connectivity index (χ1v) is 8.84. The SMILES string of the molecule is O=C(O)CCC/C=C\C[C@H]1[C@@H](O)CC(=O)[C@@H]1/C=C/[C@@H](O)c1ccccn1. The number of ketones is 1. The maximum atomic E-state index is 12.2. The summed E-state index contributed by atoms with van der Waals surface area (Å²) in [7, 11) is 0. The lowest BCUT2D eigenvalue weighted by Crippen LogP contribution is -2.18. The number of carbonyl (C=O) groups excluding carboxylic acids is 1. The van der Waals surface area contributed by atoms with E-state index in [-0.39, 0.29) is 24.5 Å². The van der Waals surface area contributed by atoms with Crippen LogP contribution >= 0.6 is 0 Å². The van der Waals surface area contributed by atoms with E-state index < -0.39 is 24.1 Å². The normalized spacial score (nSPS) is 24.5. The topological polar surface area (TPSA) is 108 Å². The fraction of sp³-hybridized carbons (Fsp3) is 0.450. The Morgan fingerprint density at radius 1 is 1.35 bits per heavy atom. The summed E-state index contributed by atoms with van der Waals surface area (Å²) in [6.45, 7) is 0. The molecule has 0 aromatic carbocycles. The van der Waals surface area contributed by atoms with Crippen LogP contribution < -0.4 is 0 Å². The number of hydrogen-bond donors (Lipinski definition) is 3. The van der Waals surface area contributed by atoms with Crippen LogP contribution in [-0.2, 0) is 9.59 Å². The quantitative estimate of drug-likeness (QED) is 0.462. The zero-order valence-electron chi connectivity index (χ0n) is 14.6. The van der Waals surface area contributed by atoms with Crippen LogP contribution in [-0.4, -0.2) is 38.2 Å². The number of rotatable bonds is 9. The number of Topliss-reactive ketones (excluding diaryl/α,β-unsaturated/α-hetero) is 1. The van der Waals surface area contributed by atoms with E-state index >= 15 is 0 Å². The van der Waals surface area contributed by atoms with Crippen molar-refractivity contribution >= 4 is 11.8 Å². The molecule has 0 saturated heterocycles. The second-order valence-corrected chi connectivity index (χ2v) is 6.50. The molecular formula is C20H25NO5. The number of carbonyl (C=O) groups is 2. The highest BCUT2D eigenvalue weighted by atomic mass is 16.4. The first-order chi connectivity index (χ1) is 12.5. The van der Waals surface area contributed by atoms with Gasteiger partial charge >= 0.3 is 5.97 Å². The molecule has 0 bridgehead atoms. The minimum absolute atomic E-state index is 0.0359. The number of hydrogen-bond acceptors (Lipinski definition) is 5. The van der Waals surface area contributed by atoms with E-state index in [1.807, 2.05) is 12.2 Å². The molecule has 26 heavy (non-hydrogen) atoms. The van der Waals surface area contributed by atoms with Crippen LogP contribution in [0.5, 0.6) is 0 Å². The Labute approximate surface area is 152 Å². The molecule has 6 heteroatoms. The summed E-state index contributed by atoms with van der Waals surface area (Å²) in [6.07, 6.45) is 9.00. The molecule has 1 aliphatic carbocycles. The lowest BCUT2D eigenvalue weighted by Gasteiger charge is -2.17. The Bertz CT molecular complexity index is 655. The molecule has 1 aliphatic rings.